The lowest BCUT2D eigenvalue weighted by atomic mass is 10.2. The summed E-state index contributed by atoms with van der Waals surface area (Å²) >= 11 is 0. The van der Waals surface area contributed by atoms with Crippen LogP contribution < -0.4 is 10.1 Å². The quantitative estimate of drug-likeness (QED) is 0.710. The van der Waals surface area contributed by atoms with Crippen molar-refractivity contribution >= 4 is 17.6 Å². The maximum absolute atomic E-state index is 11.9. The van der Waals surface area contributed by atoms with Crippen LogP contribution in [0.3, 0.4) is 0 Å². The minimum atomic E-state index is -0.152. The molecule has 0 saturated carbocycles. The summed E-state index contributed by atoms with van der Waals surface area (Å²) < 4.78 is 7.31. The molecule has 0 aliphatic rings. The van der Waals surface area contributed by atoms with E-state index in [9.17, 15) is 4.79 Å². The van der Waals surface area contributed by atoms with Crippen LogP contribution in [-0.4, -0.2) is 21.9 Å². The van der Waals surface area contributed by atoms with Crippen molar-refractivity contribution in [3.63, 3.8) is 0 Å². The molecule has 2 heterocycles. The van der Waals surface area contributed by atoms with Gasteiger partial charge < -0.3 is 14.5 Å². The number of rotatable bonds is 6. The number of nitrogens with zero attached hydrogens (tertiary/aromatic N) is 2. The predicted molar refractivity (Wildman–Crippen MR) is 93.7 cm³/mol. The van der Waals surface area contributed by atoms with E-state index in [-0.39, 0.29) is 5.91 Å². The Balaban J connectivity index is 1.54. The highest BCUT2D eigenvalue weighted by molar-refractivity contribution is 5.91. The van der Waals surface area contributed by atoms with E-state index in [4.69, 9.17) is 4.74 Å². The van der Waals surface area contributed by atoms with Gasteiger partial charge in [0.15, 0.2) is 0 Å². The molecule has 24 heavy (non-hydrogen) atoms. The third kappa shape index (κ3) is 4.01. The molecule has 0 aliphatic heterocycles. The largest absolute Gasteiger partial charge is 0.494 e. The Labute approximate surface area is 140 Å². The van der Waals surface area contributed by atoms with Crippen molar-refractivity contribution in [2.75, 3.05) is 6.61 Å². The van der Waals surface area contributed by atoms with Crippen molar-refractivity contribution in [1.29, 1.82) is 0 Å². The average molecular weight is 321 g/mol. The third-order valence-electron chi connectivity index (χ3n) is 3.48. The first-order valence-electron chi connectivity index (χ1n) is 7.86. The summed E-state index contributed by atoms with van der Waals surface area (Å²) in [5, 5.41) is 2.84. The summed E-state index contributed by atoms with van der Waals surface area (Å²) in [7, 11) is 0. The van der Waals surface area contributed by atoms with Crippen LogP contribution in [0.25, 0.3) is 11.7 Å². The number of ether oxygens (including phenoxy) is 1. The summed E-state index contributed by atoms with van der Waals surface area (Å²) in [6.07, 6.45) is 7.13. The molecule has 3 rings (SSSR count). The fourth-order valence-corrected chi connectivity index (χ4v) is 2.32. The van der Waals surface area contributed by atoms with Crippen molar-refractivity contribution in [1.82, 2.24) is 14.7 Å². The van der Waals surface area contributed by atoms with Crippen molar-refractivity contribution < 1.29 is 9.53 Å². The molecule has 0 aliphatic carbocycles. The summed E-state index contributed by atoms with van der Waals surface area (Å²) in [5.41, 5.74) is 2.64. The molecular formula is C19H19N3O2. The van der Waals surface area contributed by atoms with Gasteiger partial charge in [-0.3, -0.25) is 4.79 Å². The zero-order chi connectivity index (χ0) is 16.8. The van der Waals surface area contributed by atoms with Crippen molar-refractivity contribution in [3.8, 4) is 5.75 Å². The first-order chi connectivity index (χ1) is 11.7. The number of nitrogens with one attached hydrogen (secondary N) is 1. The monoisotopic (exact) mass is 321 g/mol. The maximum Gasteiger partial charge on any atom is 0.244 e. The number of hydrogen-bond donors (Lipinski definition) is 1. The van der Waals surface area contributed by atoms with Gasteiger partial charge in [-0.25, -0.2) is 4.98 Å². The molecule has 0 bridgehead atoms. The number of carbonyl (C=O) groups excluding carboxylic acids is 1. The van der Waals surface area contributed by atoms with Crippen LogP contribution in [0.5, 0.6) is 5.75 Å². The predicted octanol–water partition coefficient (Wildman–Crippen LogP) is 3.06. The highest BCUT2D eigenvalue weighted by Crippen LogP contribution is 2.13. The maximum atomic E-state index is 11.9. The Morgan fingerprint density at radius 3 is 2.83 bits per heavy atom. The van der Waals surface area contributed by atoms with E-state index in [0.29, 0.717) is 13.2 Å². The first kappa shape index (κ1) is 15.8. The molecule has 0 fully saturated rings. The molecule has 0 radical (unpaired) electrons. The van der Waals surface area contributed by atoms with Gasteiger partial charge in [-0.05, 0) is 42.8 Å². The molecule has 1 aromatic carbocycles. The van der Waals surface area contributed by atoms with Crippen LogP contribution in [0.2, 0.25) is 0 Å². The normalized spacial score (nSPS) is 11.0. The lowest BCUT2D eigenvalue weighted by Gasteiger charge is -2.02. The SMILES string of the molecule is CCOc1ccc(/C=C/C(=O)NCc2cn3ccccc3n2)cc1. The third-order valence-corrected chi connectivity index (χ3v) is 3.48. The zero-order valence-electron chi connectivity index (χ0n) is 13.5. The van der Waals surface area contributed by atoms with E-state index in [1.807, 2.05) is 66.2 Å². The van der Waals surface area contributed by atoms with Crippen molar-refractivity contribution in [2.24, 2.45) is 0 Å². The average Bonchev–Trinajstić information content (AvgIpc) is 3.02. The lowest BCUT2D eigenvalue weighted by Crippen LogP contribution is -2.20. The van der Waals surface area contributed by atoms with Crippen LogP contribution in [0, 0.1) is 0 Å². The number of imidazole rings is 1. The van der Waals surface area contributed by atoms with Gasteiger partial charge in [0, 0.05) is 18.5 Å². The molecule has 5 nitrogen and oxygen atoms in total. The van der Waals surface area contributed by atoms with E-state index >= 15 is 0 Å². The van der Waals surface area contributed by atoms with Gasteiger partial charge in [0.1, 0.15) is 11.4 Å². The minimum absolute atomic E-state index is 0.152. The molecule has 122 valence electrons. The van der Waals surface area contributed by atoms with E-state index in [0.717, 1.165) is 22.7 Å². The molecule has 0 unspecified atom stereocenters. The standard InChI is InChI=1S/C19H19N3O2/c1-2-24-17-9-6-15(7-10-17)8-11-19(23)20-13-16-14-22-12-4-3-5-18(22)21-16/h3-12,14H,2,13H2,1H3,(H,20,23)/b11-8+. The fourth-order valence-electron chi connectivity index (χ4n) is 2.32. The smallest absolute Gasteiger partial charge is 0.244 e. The second-order valence-electron chi connectivity index (χ2n) is 5.25. The number of fused-ring (bicyclic) bond motifs is 1. The Morgan fingerprint density at radius 2 is 2.08 bits per heavy atom. The summed E-state index contributed by atoms with van der Waals surface area (Å²) in [6.45, 7) is 2.98. The number of pyridine rings is 1. The molecule has 0 saturated heterocycles. The van der Waals surface area contributed by atoms with Gasteiger partial charge in [-0.2, -0.15) is 0 Å². The molecule has 0 spiro atoms. The Kier molecular flexibility index (Phi) is 4.91. The number of carbonyl (C=O) groups is 1. The minimum Gasteiger partial charge on any atom is -0.494 e. The van der Waals surface area contributed by atoms with Gasteiger partial charge in [-0.15, -0.1) is 0 Å². The lowest BCUT2D eigenvalue weighted by molar-refractivity contribution is -0.116. The molecule has 1 N–H and O–H groups in total. The molecule has 5 heteroatoms. The van der Waals surface area contributed by atoms with Crippen LogP contribution >= 0.6 is 0 Å². The van der Waals surface area contributed by atoms with Crippen LogP contribution in [0.4, 0.5) is 0 Å². The van der Waals surface area contributed by atoms with Gasteiger partial charge in [0.2, 0.25) is 5.91 Å². The van der Waals surface area contributed by atoms with Crippen molar-refractivity contribution in [3.05, 3.63) is 72.2 Å². The first-order valence-corrected chi connectivity index (χ1v) is 7.86. The van der Waals surface area contributed by atoms with Gasteiger partial charge in [0.25, 0.3) is 0 Å². The van der Waals surface area contributed by atoms with Crippen LogP contribution in [0.1, 0.15) is 18.2 Å². The second kappa shape index (κ2) is 7.46. The number of aromatic nitrogens is 2. The Bertz CT molecular complexity index is 817. The fraction of sp³-hybridized carbons (Fsp3) is 0.158. The van der Waals surface area contributed by atoms with E-state index < -0.39 is 0 Å². The molecule has 3 aromatic rings. The number of amides is 1. The van der Waals surface area contributed by atoms with Gasteiger partial charge in [-0.1, -0.05) is 18.2 Å². The van der Waals surface area contributed by atoms with Gasteiger partial charge in [0.05, 0.1) is 18.8 Å². The Morgan fingerprint density at radius 1 is 1.25 bits per heavy atom. The summed E-state index contributed by atoms with van der Waals surface area (Å²) in [4.78, 5) is 16.4. The van der Waals surface area contributed by atoms with Crippen LogP contribution in [0.15, 0.2) is 60.9 Å². The van der Waals surface area contributed by atoms with Crippen molar-refractivity contribution in [2.45, 2.75) is 13.5 Å². The summed E-state index contributed by atoms with van der Waals surface area (Å²) in [5.74, 6) is 0.673. The Hall–Kier alpha value is -3.08. The zero-order valence-corrected chi connectivity index (χ0v) is 13.5. The molecule has 2 aromatic heterocycles. The van der Waals surface area contributed by atoms with Crippen LogP contribution in [-0.2, 0) is 11.3 Å². The summed E-state index contributed by atoms with van der Waals surface area (Å²) in [6, 6.07) is 13.4. The highest BCUT2D eigenvalue weighted by atomic mass is 16.5. The highest BCUT2D eigenvalue weighted by Gasteiger charge is 2.02. The molecule has 1 amide bonds. The molecular weight excluding hydrogens is 302 g/mol. The number of hydrogen-bond acceptors (Lipinski definition) is 3. The topological polar surface area (TPSA) is 55.6 Å². The van der Waals surface area contributed by atoms with E-state index in [2.05, 4.69) is 10.3 Å². The van der Waals surface area contributed by atoms with E-state index in [1.165, 1.54) is 6.08 Å². The second-order valence-corrected chi connectivity index (χ2v) is 5.25. The molecule has 0 atom stereocenters. The number of benzene rings is 1. The van der Waals surface area contributed by atoms with Gasteiger partial charge >= 0.3 is 0 Å². The van der Waals surface area contributed by atoms with E-state index in [1.54, 1.807) is 6.08 Å².